The van der Waals surface area contributed by atoms with Crippen molar-refractivity contribution in [3.8, 4) is 5.75 Å². The van der Waals surface area contributed by atoms with Crippen LogP contribution in [0.5, 0.6) is 5.75 Å². The molecule has 2 aromatic rings. The molecule has 0 aliphatic carbocycles. The van der Waals surface area contributed by atoms with Crippen molar-refractivity contribution >= 4 is 6.08 Å². The Bertz CT molecular complexity index is 518. The van der Waals surface area contributed by atoms with Crippen LogP contribution >= 0.6 is 0 Å². The Morgan fingerprint density at radius 2 is 2.33 bits per heavy atom. The summed E-state index contributed by atoms with van der Waals surface area (Å²) in [6.07, 6.45) is 7.64. The lowest BCUT2D eigenvalue weighted by Gasteiger charge is -2.09. The van der Waals surface area contributed by atoms with Crippen LogP contribution in [-0.2, 0) is 6.54 Å². The standard InChI is InChI=1S/C14H17N3O/c1-18-14-6-5-12(4-2-7-15)10-13(14)11-17-9-3-8-16-17/h2-6,8-10H,7,11,15H2,1H3. The molecule has 1 aromatic heterocycles. The zero-order chi connectivity index (χ0) is 12.8. The van der Waals surface area contributed by atoms with Crippen molar-refractivity contribution in [1.82, 2.24) is 9.78 Å². The first-order valence-corrected chi connectivity index (χ1v) is 5.84. The molecule has 0 saturated heterocycles. The van der Waals surface area contributed by atoms with E-state index >= 15 is 0 Å². The zero-order valence-corrected chi connectivity index (χ0v) is 10.4. The molecule has 0 radical (unpaired) electrons. The van der Waals surface area contributed by atoms with Gasteiger partial charge >= 0.3 is 0 Å². The SMILES string of the molecule is COc1ccc(C=CCN)cc1Cn1cccn1. The average molecular weight is 243 g/mol. The van der Waals surface area contributed by atoms with E-state index in [1.807, 2.05) is 41.2 Å². The van der Waals surface area contributed by atoms with Gasteiger partial charge in [0.25, 0.3) is 0 Å². The van der Waals surface area contributed by atoms with Crippen molar-refractivity contribution < 1.29 is 4.74 Å². The van der Waals surface area contributed by atoms with Crippen LogP contribution in [0.4, 0.5) is 0 Å². The molecule has 94 valence electrons. The Kier molecular flexibility index (Phi) is 4.15. The van der Waals surface area contributed by atoms with E-state index in [4.69, 9.17) is 10.5 Å². The number of hydrogen-bond donors (Lipinski definition) is 1. The Labute approximate surface area is 107 Å². The molecule has 1 aromatic carbocycles. The lowest BCUT2D eigenvalue weighted by Crippen LogP contribution is -2.02. The van der Waals surface area contributed by atoms with E-state index in [1.165, 1.54) is 0 Å². The first-order valence-electron chi connectivity index (χ1n) is 5.84. The average Bonchev–Trinajstić information content (AvgIpc) is 2.89. The Balaban J connectivity index is 2.27. The molecular weight excluding hydrogens is 226 g/mol. The quantitative estimate of drug-likeness (QED) is 0.872. The fourth-order valence-electron chi connectivity index (χ4n) is 1.80. The summed E-state index contributed by atoms with van der Waals surface area (Å²) in [7, 11) is 1.68. The van der Waals surface area contributed by atoms with Crippen molar-refractivity contribution in [1.29, 1.82) is 0 Å². The van der Waals surface area contributed by atoms with Gasteiger partial charge < -0.3 is 10.5 Å². The Morgan fingerprint density at radius 3 is 3.00 bits per heavy atom. The van der Waals surface area contributed by atoms with Crippen molar-refractivity contribution in [2.45, 2.75) is 6.54 Å². The van der Waals surface area contributed by atoms with Crippen LogP contribution < -0.4 is 10.5 Å². The van der Waals surface area contributed by atoms with Gasteiger partial charge in [0, 0.05) is 24.5 Å². The van der Waals surface area contributed by atoms with Gasteiger partial charge in [0.05, 0.1) is 13.7 Å². The van der Waals surface area contributed by atoms with Gasteiger partial charge in [0.1, 0.15) is 5.75 Å². The van der Waals surface area contributed by atoms with Gasteiger partial charge in [0.15, 0.2) is 0 Å². The minimum atomic E-state index is 0.542. The summed E-state index contributed by atoms with van der Waals surface area (Å²) in [5.74, 6) is 0.871. The Morgan fingerprint density at radius 1 is 1.44 bits per heavy atom. The number of ether oxygens (including phenoxy) is 1. The van der Waals surface area contributed by atoms with E-state index in [-0.39, 0.29) is 0 Å². The molecule has 2 rings (SSSR count). The highest BCUT2D eigenvalue weighted by atomic mass is 16.5. The summed E-state index contributed by atoms with van der Waals surface area (Å²) in [6.45, 7) is 1.24. The third-order valence-electron chi connectivity index (χ3n) is 2.64. The molecule has 0 amide bonds. The predicted octanol–water partition coefficient (Wildman–Crippen LogP) is 1.91. The molecule has 0 aliphatic heterocycles. The number of aromatic nitrogens is 2. The van der Waals surface area contributed by atoms with Crippen molar-refractivity contribution in [3.63, 3.8) is 0 Å². The molecule has 18 heavy (non-hydrogen) atoms. The second kappa shape index (κ2) is 6.02. The summed E-state index contributed by atoms with van der Waals surface area (Å²) in [5, 5.41) is 4.20. The topological polar surface area (TPSA) is 53.1 Å². The molecule has 0 bridgehead atoms. The van der Waals surface area contributed by atoms with Gasteiger partial charge in [-0.05, 0) is 23.8 Å². The summed E-state index contributed by atoms with van der Waals surface area (Å²) in [4.78, 5) is 0. The predicted molar refractivity (Wildman–Crippen MR) is 72.4 cm³/mol. The number of benzene rings is 1. The largest absolute Gasteiger partial charge is 0.496 e. The first kappa shape index (κ1) is 12.4. The highest BCUT2D eigenvalue weighted by Crippen LogP contribution is 2.21. The fraction of sp³-hybridized carbons (Fsp3) is 0.214. The summed E-state index contributed by atoms with van der Waals surface area (Å²) >= 11 is 0. The second-order valence-corrected chi connectivity index (χ2v) is 3.91. The number of rotatable bonds is 5. The van der Waals surface area contributed by atoms with E-state index in [0.717, 1.165) is 16.9 Å². The van der Waals surface area contributed by atoms with Crippen LogP contribution in [0, 0.1) is 0 Å². The van der Waals surface area contributed by atoms with Crippen LogP contribution in [0.2, 0.25) is 0 Å². The van der Waals surface area contributed by atoms with E-state index in [2.05, 4.69) is 11.2 Å². The van der Waals surface area contributed by atoms with Crippen molar-refractivity contribution in [3.05, 3.63) is 53.9 Å². The molecular formula is C14H17N3O. The third kappa shape index (κ3) is 2.99. The number of hydrogen-bond acceptors (Lipinski definition) is 3. The van der Waals surface area contributed by atoms with Crippen molar-refractivity contribution in [2.75, 3.05) is 13.7 Å². The van der Waals surface area contributed by atoms with E-state index in [0.29, 0.717) is 13.1 Å². The normalized spacial score (nSPS) is 11.0. The fourth-order valence-corrected chi connectivity index (χ4v) is 1.80. The Hall–Kier alpha value is -2.07. The molecule has 0 atom stereocenters. The molecule has 0 aliphatic rings. The summed E-state index contributed by atoms with van der Waals surface area (Å²) in [6, 6.07) is 7.98. The lowest BCUT2D eigenvalue weighted by atomic mass is 10.1. The van der Waals surface area contributed by atoms with Crippen LogP contribution in [-0.4, -0.2) is 23.4 Å². The molecule has 0 spiro atoms. The van der Waals surface area contributed by atoms with Crippen molar-refractivity contribution in [2.24, 2.45) is 5.73 Å². The van der Waals surface area contributed by atoms with Gasteiger partial charge in [-0.1, -0.05) is 18.2 Å². The van der Waals surface area contributed by atoms with E-state index in [1.54, 1.807) is 13.3 Å². The van der Waals surface area contributed by atoms with Gasteiger partial charge in [-0.25, -0.2) is 0 Å². The third-order valence-corrected chi connectivity index (χ3v) is 2.64. The second-order valence-electron chi connectivity index (χ2n) is 3.91. The maximum Gasteiger partial charge on any atom is 0.123 e. The number of nitrogens with zero attached hydrogens (tertiary/aromatic N) is 2. The van der Waals surface area contributed by atoms with Gasteiger partial charge in [-0.3, -0.25) is 4.68 Å². The zero-order valence-electron chi connectivity index (χ0n) is 10.4. The summed E-state index contributed by atoms with van der Waals surface area (Å²) in [5.41, 5.74) is 7.67. The molecule has 1 heterocycles. The molecule has 4 heteroatoms. The summed E-state index contributed by atoms with van der Waals surface area (Å²) < 4.78 is 7.23. The number of methoxy groups -OCH3 is 1. The molecule has 0 unspecified atom stereocenters. The minimum absolute atomic E-state index is 0.542. The van der Waals surface area contributed by atoms with Gasteiger partial charge in [0.2, 0.25) is 0 Å². The molecule has 0 saturated carbocycles. The van der Waals surface area contributed by atoms with E-state index < -0.39 is 0 Å². The monoisotopic (exact) mass is 243 g/mol. The van der Waals surface area contributed by atoms with E-state index in [9.17, 15) is 0 Å². The molecule has 4 nitrogen and oxygen atoms in total. The first-order chi connectivity index (χ1) is 8.83. The van der Waals surface area contributed by atoms with Crippen LogP contribution in [0.25, 0.3) is 6.08 Å². The van der Waals surface area contributed by atoms with Gasteiger partial charge in [-0.2, -0.15) is 5.10 Å². The lowest BCUT2D eigenvalue weighted by molar-refractivity contribution is 0.407. The maximum absolute atomic E-state index is 5.45. The highest BCUT2D eigenvalue weighted by Gasteiger charge is 2.04. The van der Waals surface area contributed by atoms with Crippen LogP contribution in [0.1, 0.15) is 11.1 Å². The minimum Gasteiger partial charge on any atom is -0.496 e. The molecule has 2 N–H and O–H groups in total. The molecule has 0 fully saturated rings. The van der Waals surface area contributed by atoms with Crippen LogP contribution in [0.3, 0.4) is 0 Å². The van der Waals surface area contributed by atoms with Gasteiger partial charge in [-0.15, -0.1) is 0 Å². The number of nitrogens with two attached hydrogens (primary N) is 1. The maximum atomic E-state index is 5.45. The van der Waals surface area contributed by atoms with Crippen LogP contribution in [0.15, 0.2) is 42.7 Å². The highest BCUT2D eigenvalue weighted by molar-refractivity contribution is 5.53. The smallest absolute Gasteiger partial charge is 0.123 e.